The summed E-state index contributed by atoms with van der Waals surface area (Å²) in [5, 5.41) is 0. The molecule has 1 saturated heterocycles. The number of rotatable bonds is 3. The van der Waals surface area contributed by atoms with Crippen molar-refractivity contribution in [2.75, 3.05) is 13.1 Å². The average Bonchev–Trinajstić information content (AvgIpc) is 2.63. The summed E-state index contributed by atoms with van der Waals surface area (Å²) in [6.45, 7) is 7.86. The number of hydrogen-bond acceptors (Lipinski definition) is 4. The Morgan fingerprint density at radius 2 is 1.96 bits per heavy atom. The quantitative estimate of drug-likeness (QED) is 0.892. The highest BCUT2D eigenvalue weighted by atomic mass is 16.2. The van der Waals surface area contributed by atoms with Crippen molar-refractivity contribution in [2.45, 2.75) is 45.6 Å². The Labute approximate surface area is 158 Å². The molecule has 0 aliphatic carbocycles. The highest BCUT2D eigenvalue weighted by Gasteiger charge is 2.25. The number of nitrogens with one attached hydrogen (secondary N) is 1. The lowest BCUT2D eigenvalue weighted by atomic mass is 9.92. The Bertz CT molecular complexity index is 931. The van der Waals surface area contributed by atoms with E-state index in [1.807, 2.05) is 20.8 Å². The molecule has 1 N–H and O–H groups in total. The van der Waals surface area contributed by atoms with Crippen LogP contribution < -0.4 is 11.1 Å². The number of amides is 1. The normalized spacial score (nSPS) is 15.7. The van der Waals surface area contributed by atoms with Crippen LogP contribution in [0, 0.1) is 5.92 Å². The SMILES string of the molecule is CC(C)(C)c1cc(=O)n(CC2CCN(C(=O)c3ccc[nH]c3=O)CC2)cn1. The van der Waals surface area contributed by atoms with Crippen LogP contribution >= 0.6 is 0 Å². The lowest BCUT2D eigenvalue weighted by Gasteiger charge is -2.32. The summed E-state index contributed by atoms with van der Waals surface area (Å²) in [5.41, 5.74) is 0.413. The zero-order valence-electron chi connectivity index (χ0n) is 16.1. The van der Waals surface area contributed by atoms with Gasteiger partial charge in [0.1, 0.15) is 5.56 Å². The average molecular weight is 370 g/mol. The van der Waals surface area contributed by atoms with E-state index >= 15 is 0 Å². The van der Waals surface area contributed by atoms with Gasteiger partial charge in [0.25, 0.3) is 17.0 Å². The number of likely N-dealkylation sites (tertiary alicyclic amines) is 1. The van der Waals surface area contributed by atoms with E-state index in [1.165, 1.54) is 6.20 Å². The minimum atomic E-state index is -0.360. The fourth-order valence-corrected chi connectivity index (χ4v) is 3.33. The fourth-order valence-electron chi connectivity index (χ4n) is 3.33. The summed E-state index contributed by atoms with van der Waals surface area (Å²) in [7, 11) is 0. The van der Waals surface area contributed by atoms with Crippen LogP contribution in [-0.4, -0.2) is 38.4 Å². The third kappa shape index (κ3) is 4.35. The zero-order chi connectivity index (χ0) is 19.6. The van der Waals surface area contributed by atoms with Gasteiger partial charge < -0.3 is 9.88 Å². The number of nitrogens with zero attached hydrogens (tertiary/aromatic N) is 3. The van der Waals surface area contributed by atoms with Gasteiger partial charge in [-0.2, -0.15) is 0 Å². The monoisotopic (exact) mass is 370 g/mol. The van der Waals surface area contributed by atoms with Gasteiger partial charge in [-0.1, -0.05) is 20.8 Å². The highest BCUT2D eigenvalue weighted by Crippen LogP contribution is 2.21. The summed E-state index contributed by atoms with van der Waals surface area (Å²) < 4.78 is 1.65. The van der Waals surface area contributed by atoms with Crippen LogP contribution in [0.2, 0.25) is 0 Å². The molecule has 1 aliphatic heterocycles. The van der Waals surface area contributed by atoms with Gasteiger partial charge in [0.15, 0.2) is 0 Å². The van der Waals surface area contributed by atoms with Gasteiger partial charge in [-0.3, -0.25) is 19.0 Å². The molecule has 0 bridgehead atoms. The second-order valence-electron chi connectivity index (χ2n) is 8.16. The van der Waals surface area contributed by atoms with Gasteiger partial charge in [-0.15, -0.1) is 0 Å². The summed E-state index contributed by atoms with van der Waals surface area (Å²) >= 11 is 0. The largest absolute Gasteiger partial charge is 0.338 e. The molecule has 0 saturated carbocycles. The second-order valence-corrected chi connectivity index (χ2v) is 8.16. The van der Waals surface area contributed by atoms with E-state index in [2.05, 4.69) is 9.97 Å². The summed E-state index contributed by atoms with van der Waals surface area (Å²) in [6, 6.07) is 4.82. The lowest BCUT2D eigenvalue weighted by molar-refractivity contribution is 0.0680. The third-order valence-corrected chi connectivity index (χ3v) is 5.05. The van der Waals surface area contributed by atoms with Crippen LogP contribution in [-0.2, 0) is 12.0 Å². The molecular weight excluding hydrogens is 344 g/mol. The first-order valence-corrected chi connectivity index (χ1v) is 9.29. The number of carbonyl (C=O) groups excluding carboxylic acids is 1. The van der Waals surface area contributed by atoms with Crippen molar-refractivity contribution in [3.63, 3.8) is 0 Å². The standard InChI is InChI=1S/C20H26N4O3/c1-20(2,3)16-11-17(25)24(13-22-16)12-14-6-9-23(10-7-14)19(27)15-5-4-8-21-18(15)26/h4-5,8,11,13-14H,6-7,9-10,12H2,1-3H3,(H,21,26). The maximum Gasteiger partial charge on any atom is 0.260 e. The molecule has 27 heavy (non-hydrogen) atoms. The Balaban J connectivity index is 1.62. The number of aromatic nitrogens is 3. The first-order chi connectivity index (χ1) is 12.8. The van der Waals surface area contributed by atoms with Gasteiger partial charge in [0.05, 0.1) is 12.0 Å². The molecule has 1 amide bonds. The molecule has 1 fully saturated rings. The van der Waals surface area contributed by atoms with E-state index < -0.39 is 0 Å². The van der Waals surface area contributed by atoms with E-state index in [0.717, 1.165) is 18.5 Å². The molecule has 0 unspecified atom stereocenters. The van der Waals surface area contributed by atoms with Crippen molar-refractivity contribution >= 4 is 5.91 Å². The highest BCUT2D eigenvalue weighted by molar-refractivity contribution is 5.93. The van der Waals surface area contributed by atoms with E-state index in [4.69, 9.17) is 0 Å². The van der Waals surface area contributed by atoms with Crippen LogP contribution in [0.4, 0.5) is 0 Å². The number of piperidine rings is 1. The van der Waals surface area contributed by atoms with Crippen LogP contribution in [0.1, 0.15) is 49.7 Å². The lowest BCUT2D eigenvalue weighted by Crippen LogP contribution is -2.41. The van der Waals surface area contributed by atoms with Crippen molar-refractivity contribution in [2.24, 2.45) is 5.92 Å². The molecule has 3 rings (SSSR count). The third-order valence-electron chi connectivity index (χ3n) is 5.05. The predicted octanol–water partition coefficient (Wildman–Crippen LogP) is 1.78. The van der Waals surface area contributed by atoms with Gasteiger partial charge >= 0.3 is 0 Å². The number of aromatic amines is 1. The van der Waals surface area contributed by atoms with Crippen LogP contribution in [0.3, 0.4) is 0 Å². The van der Waals surface area contributed by atoms with Gasteiger partial charge in [-0.25, -0.2) is 4.98 Å². The van der Waals surface area contributed by atoms with Gasteiger partial charge in [0, 0.05) is 37.3 Å². The molecule has 0 atom stereocenters. The minimum Gasteiger partial charge on any atom is -0.338 e. The molecule has 0 radical (unpaired) electrons. The Morgan fingerprint density at radius 3 is 2.56 bits per heavy atom. The Kier molecular flexibility index (Phi) is 5.30. The first kappa shape index (κ1) is 19.1. The summed E-state index contributed by atoms with van der Waals surface area (Å²) in [5.74, 6) is 0.0757. The van der Waals surface area contributed by atoms with Crippen molar-refractivity contribution < 1.29 is 4.79 Å². The maximum atomic E-state index is 12.5. The topological polar surface area (TPSA) is 88.1 Å². The Hall–Kier alpha value is -2.70. The van der Waals surface area contributed by atoms with E-state index in [9.17, 15) is 14.4 Å². The fraction of sp³-hybridized carbons (Fsp3) is 0.500. The molecule has 2 aromatic heterocycles. The van der Waals surface area contributed by atoms with Crippen molar-refractivity contribution in [1.82, 2.24) is 19.4 Å². The smallest absolute Gasteiger partial charge is 0.260 e. The van der Waals surface area contributed by atoms with E-state index in [1.54, 1.807) is 34.0 Å². The van der Waals surface area contributed by atoms with E-state index in [0.29, 0.717) is 25.6 Å². The van der Waals surface area contributed by atoms with Gasteiger partial charge in [0.2, 0.25) is 0 Å². The molecule has 1 aliphatic rings. The number of carbonyl (C=O) groups is 1. The van der Waals surface area contributed by atoms with Crippen molar-refractivity contribution in [1.29, 1.82) is 0 Å². The summed E-state index contributed by atoms with van der Waals surface area (Å²) in [6.07, 6.45) is 4.74. The molecule has 7 nitrogen and oxygen atoms in total. The zero-order valence-corrected chi connectivity index (χ0v) is 16.1. The number of hydrogen-bond donors (Lipinski definition) is 1. The van der Waals surface area contributed by atoms with Crippen LogP contribution in [0.25, 0.3) is 0 Å². The van der Waals surface area contributed by atoms with E-state index in [-0.39, 0.29) is 28.0 Å². The van der Waals surface area contributed by atoms with Crippen molar-refractivity contribution in [3.05, 3.63) is 62.7 Å². The molecule has 144 valence electrons. The number of pyridine rings is 1. The summed E-state index contributed by atoms with van der Waals surface area (Å²) in [4.78, 5) is 45.4. The molecule has 0 spiro atoms. The number of H-pyrrole nitrogens is 1. The minimum absolute atomic E-state index is 0.0377. The molecule has 3 heterocycles. The molecule has 7 heteroatoms. The predicted molar refractivity (Wildman–Crippen MR) is 103 cm³/mol. The van der Waals surface area contributed by atoms with Crippen molar-refractivity contribution in [3.8, 4) is 0 Å². The molecule has 0 aromatic carbocycles. The van der Waals surface area contributed by atoms with Crippen LogP contribution in [0.15, 0.2) is 40.3 Å². The molecule has 2 aromatic rings. The Morgan fingerprint density at radius 1 is 1.26 bits per heavy atom. The van der Waals surface area contributed by atoms with Gasteiger partial charge in [-0.05, 0) is 30.9 Å². The van der Waals surface area contributed by atoms with Crippen LogP contribution in [0.5, 0.6) is 0 Å². The maximum absolute atomic E-state index is 12.5. The molecular formula is C20H26N4O3. The first-order valence-electron chi connectivity index (χ1n) is 9.29. The second kappa shape index (κ2) is 7.50.